The average molecular weight is 329 g/mol. The highest BCUT2D eigenvalue weighted by atomic mass is 16.1. The molecule has 0 atom stereocenters. The van der Waals surface area contributed by atoms with Crippen LogP contribution in [0.4, 0.5) is 17.2 Å². The number of para-hydroxylation sites is 1. The Morgan fingerprint density at radius 1 is 1.04 bits per heavy atom. The first-order valence-corrected chi connectivity index (χ1v) is 7.62. The van der Waals surface area contributed by atoms with Crippen molar-refractivity contribution in [3.63, 3.8) is 0 Å². The Morgan fingerprint density at radius 2 is 1.80 bits per heavy atom. The van der Waals surface area contributed by atoms with Crippen molar-refractivity contribution in [2.24, 2.45) is 0 Å². The molecule has 2 N–H and O–H groups in total. The molecule has 1 aromatic heterocycles. The molecule has 0 aliphatic heterocycles. The number of aryl methyl sites for hydroxylation is 1. The van der Waals surface area contributed by atoms with Crippen molar-refractivity contribution in [3.05, 3.63) is 77.7 Å². The molecule has 0 unspecified atom stereocenters. The topological polar surface area (TPSA) is 90.7 Å². The molecule has 6 nitrogen and oxygen atoms in total. The smallest absolute Gasteiger partial charge is 0.275 e. The molecule has 0 aliphatic rings. The van der Waals surface area contributed by atoms with Crippen LogP contribution < -0.4 is 10.6 Å². The number of rotatable bonds is 4. The molecule has 0 bridgehead atoms. The summed E-state index contributed by atoms with van der Waals surface area (Å²) in [6.07, 6.45) is 2.93. The van der Waals surface area contributed by atoms with Gasteiger partial charge in [0.05, 0.1) is 24.0 Å². The maximum Gasteiger partial charge on any atom is 0.275 e. The molecule has 0 radical (unpaired) electrons. The van der Waals surface area contributed by atoms with Gasteiger partial charge in [0.1, 0.15) is 11.5 Å². The fraction of sp³-hybridized carbons (Fsp3) is 0.0526. The van der Waals surface area contributed by atoms with Crippen molar-refractivity contribution in [2.75, 3.05) is 10.6 Å². The molecule has 1 heterocycles. The van der Waals surface area contributed by atoms with Gasteiger partial charge in [-0.25, -0.2) is 9.97 Å². The number of aromatic nitrogens is 2. The summed E-state index contributed by atoms with van der Waals surface area (Å²) in [5.41, 5.74) is 3.36. The zero-order valence-electron chi connectivity index (χ0n) is 13.5. The molecule has 1 amide bonds. The van der Waals surface area contributed by atoms with Crippen LogP contribution in [0.3, 0.4) is 0 Å². The molecule has 25 heavy (non-hydrogen) atoms. The Hall–Kier alpha value is -3.72. The molecule has 0 spiro atoms. The Bertz CT molecular complexity index is 927. The van der Waals surface area contributed by atoms with Crippen LogP contribution in [0.15, 0.2) is 60.9 Å². The summed E-state index contributed by atoms with van der Waals surface area (Å²) in [6, 6.07) is 16.5. The summed E-state index contributed by atoms with van der Waals surface area (Å²) in [5, 5.41) is 14.7. The molecule has 3 aromatic rings. The van der Waals surface area contributed by atoms with Gasteiger partial charge in [0.15, 0.2) is 0 Å². The van der Waals surface area contributed by atoms with E-state index in [9.17, 15) is 4.79 Å². The van der Waals surface area contributed by atoms with E-state index >= 15 is 0 Å². The normalized spacial score (nSPS) is 9.92. The highest BCUT2D eigenvalue weighted by Gasteiger charge is 2.09. The van der Waals surface area contributed by atoms with Gasteiger partial charge in [-0.1, -0.05) is 18.2 Å². The van der Waals surface area contributed by atoms with Gasteiger partial charge in [-0.2, -0.15) is 5.26 Å². The lowest BCUT2D eigenvalue weighted by atomic mass is 10.2. The number of hydrogen-bond donors (Lipinski definition) is 2. The van der Waals surface area contributed by atoms with Crippen molar-refractivity contribution in [3.8, 4) is 6.07 Å². The second kappa shape index (κ2) is 7.23. The lowest BCUT2D eigenvalue weighted by Gasteiger charge is -2.09. The van der Waals surface area contributed by atoms with Crippen LogP contribution in [0.2, 0.25) is 0 Å². The highest BCUT2D eigenvalue weighted by Crippen LogP contribution is 2.18. The average Bonchev–Trinajstić information content (AvgIpc) is 2.65. The first-order valence-electron chi connectivity index (χ1n) is 7.62. The summed E-state index contributed by atoms with van der Waals surface area (Å²) in [7, 11) is 0. The van der Waals surface area contributed by atoms with E-state index < -0.39 is 0 Å². The van der Waals surface area contributed by atoms with Crippen LogP contribution in [-0.4, -0.2) is 15.9 Å². The molecule has 3 rings (SSSR count). The van der Waals surface area contributed by atoms with E-state index in [1.807, 2.05) is 37.3 Å². The van der Waals surface area contributed by atoms with E-state index in [1.165, 1.54) is 12.4 Å². The number of amides is 1. The predicted molar refractivity (Wildman–Crippen MR) is 95.6 cm³/mol. The first kappa shape index (κ1) is 16.1. The number of carbonyl (C=O) groups excluding carboxylic acids is 1. The Labute approximate surface area is 145 Å². The summed E-state index contributed by atoms with van der Waals surface area (Å²) in [5.74, 6) is 0.198. The third kappa shape index (κ3) is 3.98. The monoisotopic (exact) mass is 329 g/mol. The van der Waals surface area contributed by atoms with Crippen molar-refractivity contribution in [1.29, 1.82) is 5.26 Å². The van der Waals surface area contributed by atoms with Crippen molar-refractivity contribution < 1.29 is 4.79 Å². The minimum atomic E-state index is -0.361. The van der Waals surface area contributed by atoms with Gasteiger partial charge in [0, 0.05) is 11.4 Å². The van der Waals surface area contributed by atoms with Crippen LogP contribution in [-0.2, 0) is 0 Å². The number of anilines is 3. The van der Waals surface area contributed by atoms with Crippen LogP contribution in [0, 0.1) is 18.3 Å². The molecule has 2 aromatic carbocycles. The fourth-order valence-electron chi connectivity index (χ4n) is 2.18. The number of hydrogen-bond acceptors (Lipinski definition) is 5. The van der Waals surface area contributed by atoms with Gasteiger partial charge in [-0.05, 0) is 42.8 Å². The van der Waals surface area contributed by atoms with Gasteiger partial charge in [0.25, 0.3) is 5.91 Å². The Balaban J connectivity index is 1.68. The fourth-order valence-corrected chi connectivity index (χ4v) is 2.18. The lowest BCUT2D eigenvalue weighted by Crippen LogP contribution is -2.14. The summed E-state index contributed by atoms with van der Waals surface area (Å²) in [4.78, 5) is 20.6. The molecule has 122 valence electrons. The van der Waals surface area contributed by atoms with Gasteiger partial charge < -0.3 is 10.6 Å². The number of nitriles is 1. The number of benzene rings is 2. The van der Waals surface area contributed by atoms with E-state index in [0.29, 0.717) is 17.1 Å². The molecule has 0 aliphatic carbocycles. The predicted octanol–water partition coefficient (Wildman–Crippen LogP) is 3.65. The quantitative estimate of drug-likeness (QED) is 0.762. The molecule has 0 fully saturated rings. The second-order valence-corrected chi connectivity index (χ2v) is 5.37. The highest BCUT2D eigenvalue weighted by molar-refractivity contribution is 6.02. The van der Waals surface area contributed by atoms with Crippen molar-refractivity contribution in [1.82, 2.24) is 9.97 Å². The largest absolute Gasteiger partial charge is 0.339 e. The Morgan fingerprint density at radius 3 is 2.44 bits per heavy atom. The number of nitrogens with one attached hydrogen (secondary N) is 2. The van der Waals surface area contributed by atoms with E-state index in [-0.39, 0.29) is 11.6 Å². The molecule has 0 saturated carbocycles. The molecule has 6 heteroatoms. The first-order chi connectivity index (χ1) is 12.2. The van der Waals surface area contributed by atoms with Crippen molar-refractivity contribution in [2.45, 2.75) is 6.92 Å². The van der Waals surface area contributed by atoms with Gasteiger partial charge in [-0.3, -0.25) is 4.79 Å². The van der Waals surface area contributed by atoms with E-state index in [4.69, 9.17) is 5.26 Å². The number of carbonyl (C=O) groups is 1. The minimum absolute atomic E-state index is 0.208. The van der Waals surface area contributed by atoms with Gasteiger partial charge in [-0.15, -0.1) is 0 Å². The Kier molecular flexibility index (Phi) is 4.67. The zero-order chi connectivity index (χ0) is 17.6. The second-order valence-electron chi connectivity index (χ2n) is 5.37. The number of nitrogens with zero attached hydrogens (tertiary/aromatic N) is 3. The SMILES string of the molecule is Cc1ccccc1Nc1cnc(C(=O)Nc2ccc(C#N)cc2)cn1. The van der Waals surface area contributed by atoms with Gasteiger partial charge in [0.2, 0.25) is 0 Å². The molecule has 0 saturated heterocycles. The summed E-state index contributed by atoms with van der Waals surface area (Å²) in [6.45, 7) is 2.00. The maximum absolute atomic E-state index is 12.2. The third-order valence-corrected chi connectivity index (χ3v) is 3.56. The van der Waals surface area contributed by atoms with Crippen LogP contribution in [0.1, 0.15) is 21.6 Å². The third-order valence-electron chi connectivity index (χ3n) is 3.56. The van der Waals surface area contributed by atoms with Crippen LogP contribution >= 0.6 is 0 Å². The van der Waals surface area contributed by atoms with E-state index in [0.717, 1.165) is 11.3 Å². The van der Waals surface area contributed by atoms with Gasteiger partial charge >= 0.3 is 0 Å². The summed E-state index contributed by atoms with van der Waals surface area (Å²) >= 11 is 0. The minimum Gasteiger partial charge on any atom is -0.339 e. The summed E-state index contributed by atoms with van der Waals surface area (Å²) < 4.78 is 0. The van der Waals surface area contributed by atoms with E-state index in [1.54, 1.807) is 24.3 Å². The molecular formula is C19H15N5O. The lowest BCUT2D eigenvalue weighted by molar-refractivity contribution is 0.102. The molecular weight excluding hydrogens is 314 g/mol. The standard InChI is InChI=1S/C19H15N5O/c1-13-4-2-3-5-16(13)24-18-12-21-17(11-22-18)19(25)23-15-8-6-14(10-20)7-9-15/h2-9,11-12H,1H3,(H,22,24)(H,23,25). The zero-order valence-corrected chi connectivity index (χ0v) is 13.5. The van der Waals surface area contributed by atoms with E-state index in [2.05, 4.69) is 20.6 Å². The van der Waals surface area contributed by atoms with Crippen LogP contribution in [0.25, 0.3) is 0 Å². The van der Waals surface area contributed by atoms with Crippen molar-refractivity contribution >= 4 is 23.1 Å². The van der Waals surface area contributed by atoms with Crippen LogP contribution in [0.5, 0.6) is 0 Å². The maximum atomic E-state index is 12.2.